The molecule has 110 valence electrons. The molecule has 0 unspecified atom stereocenters. The van der Waals surface area contributed by atoms with Gasteiger partial charge in [-0.05, 0) is 24.3 Å². The first kappa shape index (κ1) is 15.1. The van der Waals surface area contributed by atoms with Gasteiger partial charge in [0.25, 0.3) is 0 Å². The van der Waals surface area contributed by atoms with E-state index < -0.39 is 0 Å². The second-order valence-electron chi connectivity index (χ2n) is 4.49. The number of rotatable bonds is 4. The van der Waals surface area contributed by atoms with E-state index in [1.165, 1.54) is 0 Å². The molecule has 5 heteroatoms. The fraction of sp³-hybridized carbons (Fsp3) is 0.0588. The number of benzene rings is 2. The summed E-state index contributed by atoms with van der Waals surface area (Å²) in [5, 5.41) is 0.804. The summed E-state index contributed by atoms with van der Waals surface area (Å²) in [5.74, 6) is 1.37. The van der Waals surface area contributed by atoms with Crippen LogP contribution in [0.15, 0.2) is 75.2 Å². The first-order chi connectivity index (χ1) is 10.8. The third-order valence-corrected chi connectivity index (χ3v) is 4.52. The molecule has 3 aromatic rings. The highest BCUT2D eigenvalue weighted by molar-refractivity contribution is 9.10. The Morgan fingerprint density at radius 3 is 2.41 bits per heavy atom. The maximum atomic E-state index is 5.38. The van der Waals surface area contributed by atoms with E-state index in [1.807, 2.05) is 54.6 Å². The first-order valence-electron chi connectivity index (χ1n) is 6.66. The van der Waals surface area contributed by atoms with E-state index in [2.05, 4.69) is 25.9 Å². The highest BCUT2D eigenvalue weighted by Gasteiger charge is 2.11. The molecule has 0 aliphatic carbocycles. The van der Waals surface area contributed by atoms with Gasteiger partial charge in [0, 0.05) is 14.9 Å². The predicted octanol–water partition coefficient (Wildman–Crippen LogP) is 5.07. The van der Waals surface area contributed by atoms with Gasteiger partial charge in [-0.3, -0.25) is 0 Å². The average molecular weight is 373 g/mol. The van der Waals surface area contributed by atoms with E-state index in [0.29, 0.717) is 11.6 Å². The second-order valence-corrected chi connectivity index (χ2v) is 6.47. The number of hydrogen-bond donors (Lipinski definition) is 0. The second kappa shape index (κ2) is 6.94. The summed E-state index contributed by atoms with van der Waals surface area (Å²) in [7, 11) is 1.63. The minimum Gasteiger partial charge on any atom is -0.492 e. The minimum atomic E-state index is 0.674. The Bertz CT molecular complexity index is 763. The Morgan fingerprint density at radius 2 is 1.73 bits per heavy atom. The number of ether oxygens (including phenoxy) is 1. The van der Waals surface area contributed by atoms with Crippen molar-refractivity contribution in [2.45, 2.75) is 9.92 Å². The fourth-order valence-electron chi connectivity index (χ4n) is 1.91. The standard InChI is InChI=1S/C17H13BrN2OS/c1-21-15-11-19-16(12-5-3-2-4-6-12)20-17(15)22-14-9-7-13(18)8-10-14/h2-11H,1H3. The van der Waals surface area contributed by atoms with Crippen LogP contribution in [-0.4, -0.2) is 17.1 Å². The lowest BCUT2D eigenvalue weighted by atomic mass is 10.2. The van der Waals surface area contributed by atoms with Gasteiger partial charge < -0.3 is 4.74 Å². The zero-order valence-corrected chi connectivity index (χ0v) is 14.3. The van der Waals surface area contributed by atoms with Crippen molar-refractivity contribution in [3.8, 4) is 17.1 Å². The molecule has 22 heavy (non-hydrogen) atoms. The Morgan fingerprint density at radius 1 is 1.00 bits per heavy atom. The molecule has 0 atom stereocenters. The van der Waals surface area contributed by atoms with Crippen LogP contribution >= 0.6 is 27.7 Å². The molecule has 0 radical (unpaired) electrons. The fourth-order valence-corrected chi connectivity index (χ4v) is 3.04. The summed E-state index contributed by atoms with van der Waals surface area (Å²) >= 11 is 5.00. The van der Waals surface area contributed by atoms with Crippen LogP contribution in [0.1, 0.15) is 0 Å². The lowest BCUT2D eigenvalue weighted by Gasteiger charge is -2.09. The molecule has 0 spiro atoms. The highest BCUT2D eigenvalue weighted by Crippen LogP contribution is 2.34. The van der Waals surface area contributed by atoms with Gasteiger partial charge in [0.1, 0.15) is 5.03 Å². The van der Waals surface area contributed by atoms with E-state index in [4.69, 9.17) is 4.74 Å². The molecule has 0 amide bonds. The molecule has 1 heterocycles. The van der Waals surface area contributed by atoms with Gasteiger partial charge in [-0.1, -0.05) is 58.0 Å². The number of methoxy groups -OCH3 is 1. The topological polar surface area (TPSA) is 35.0 Å². The van der Waals surface area contributed by atoms with E-state index in [0.717, 1.165) is 20.0 Å². The molecular formula is C17H13BrN2OS. The first-order valence-corrected chi connectivity index (χ1v) is 8.27. The van der Waals surface area contributed by atoms with Crippen LogP contribution in [0.2, 0.25) is 0 Å². The third kappa shape index (κ3) is 3.48. The Labute approximate surface area is 141 Å². The molecule has 0 N–H and O–H groups in total. The van der Waals surface area contributed by atoms with Gasteiger partial charge in [-0.15, -0.1) is 0 Å². The summed E-state index contributed by atoms with van der Waals surface area (Å²) < 4.78 is 6.43. The summed E-state index contributed by atoms with van der Waals surface area (Å²) in [5.41, 5.74) is 0.989. The molecule has 2 aromatic carbocycles. The molecule has 0 aliphatic rings. The van der Waals surface area contributed by atoms with Crippen LogP contribution in [-0.2, 0) is 0 Å². The molecule has 3 rings (SSSR count). The number of aromatic nitrogens is 2. The van der Waals surface area contributed by atoms with Gasteiger partial charge >= 0.3 is 0 Å². The van der Waals surface area contributed by atoms with Crippen LogP contribution in [0.3, 0.4) is 0 Å². The normalized spacial score (nSPS) is 10.5. The van der Waals surface area contributed by atoms with Crippen LogP contribution in [0.5, 0.6) is 5.75 Å². The van der Waals surface area contributed by atoms with Gasteiger partial charge in [0.15, 0.2) is 11.6 Å². The number of nitrogens with zero attached hydrogens (tertiary/aromatic N) is 2. The van der Waals surface area contributed by atoms with Crippen LogP contribution in [0.4, 0.5) is 0 Å². The van der Waals surface area contributed by atoms with E-state index in [-0.39, 0.29) is 0 Å². The van der Waals surface area contributed by atoms with Crippen molar-refractivity contribution in [3.63, 3.8) is 0 Å². The van der Waals surface area contributed by atoms with Crippen molar-refractivity contribution < 1.29 is 4.74 Å². The summed E-state index contributed by atoms with van der Waals surface area (Å²) in [6.45, 7) is 0. The van der Waals surface area contributed by atoms with Crippen molar-refractivity contribution in [2.24, 2.45) is 0 Å². The Hall–Kier alpha value is -1.85. The summed E-state index contributed by atoms with van der Waals surface area (Å²) in [4.78, 5) is 10.1. The van der Waals surface area contributed by atoms with Crippen molar-refractivity contribution in [2.75, 3.05) is 7.11 Å². The Kier molecular flexibility index (Phi) is 4.75. The monoisotopic (exact) mass is 372 g/mol. The average Bonchev–Trinajstić information content (AvgIpc) is 2.58. The lowest BCUT2D eigenvalue weighted by molar-refractivity contribution is 0.398. The molecule has 3 nitrogen and oxygen atoms in total. The van der Waals surface area contributed by atoms with Gasteiger partial charge in [0.2, 0.25) is 0 Å². The number of halogens is 1. The molecular weight excluding hydrogens is 360 g/mol. The van der Waals surface area contributed by atoms with Gasteiger partial charge in [-0.2, -0.15) is 0 Å². The summed E-state index contributed by atoms with van der Waals surface area (Å²) in [6.07, 6.45) is 1.72. The van der Waals surface area contributed by atoms with Crippen molar-refractivity contribution in [3.05, 3.63) is 65.3 Å². The van der Waals surface area contributed by atoms with E-state index in [9.17, 15) is 0 Å². The van der Waals surface area contributed by atoms with Crippen LogP contribution < -0.4 is 4.74 Å². The highest BCUT2D eigenvalue weighted by atomic mass is 79.9. The number of hydrogen-bond acceptors (Lipinski definition) is 4. The van der Waals surface area contributed by atoms with Crippen LogP contribution in [0.25, 0.3) is 11.4 Å². The third-order valence-electron chi connectivity index (χ3n) is 3.00. The van der Waals surface area contributed by atoms with Crippen molar-refractivity contribution >= 4 is 27.7 Å². The zero-order valence-electron chi connectivity index (χ0n) is 11.9. The SMILES string of the molecule is COc1cnc(-c2ccccc2)nc1Sc1ccc(Br)cc1. The van der Waals surface area contributed by atoms with Crippen molar-refractivity contribution in [1.82, 2.24) is 9.97 Å². The quantitative estimate of drug-likeness (QED) is 0.599. The predicted molar refractivity (Wildman–Crippen MR) is 92.3 cm³/mol. The summed E-state index contributed by atoms with van der Waals surface area (Å²) in [6, 6.07) is 18.0. The maximum absolute atomic E-state index is 5.38. The van der Waals surface area contributed by atoms with Crippen LogP contribution in [0, 0.1) is 0 Å². The van der Waals surface area contributed by atoms with E-state index >= 15 is 0 Å². The zero-order chi connectivity index (χ0) is 15.4. The minimum absolute atomic E-state index is 0.674. The smallest absolute Gasteiger partial charge is 0.169 e. The molecule has 0 saturated heterocycles. The molecule has 0 aliphatic heterocycles. The van der Waals surface area contributed by atoms with E-state index in [1.54, 1.807) is 25.1 Å². The molecule has 0 saturated carbocycles. The molecule has 0 bridgehead atoms. The lowest BCUT2D eigenvalue weighted by Crippen LogP contribution is -1.95. The Balaban J connectivity index is 1.96. The molecule has 1 aromatic heterocycles. The molecule has 0 fully saturated rings. The van der Waals surface area contributed by atoms with Gasteiger partial charge in [-0.25, -0.2) is 9.97 Å². The maximum Gasteiger partial charge on any atom is 0.169 e. The van der Waals surface area contributed by atoms with Crippen molar-refractivity contribution in [1.29, 1.82) is 0 Å². The largest absolute Gasteiger partial charge is 0.492 e. The van der Waals surface area contributed by atoms with Gasteiger partial charge in [0.05, 0.1) is 13.3 Å².